The number of nitriles is 1. The second-order valence-electron chi connectivity index (χ2n) is 3.72. The number of carbonyl (C=O) groups is 1. The molecule has 0 saturated carbocycles. The molecule has 1 heterocycles. The van der Waals surface area contributed by atoms with E-state index < -0.39 is 0 Å². The number of hydrazine groups is 1. The van der Waals surface area contributed by atoms with E-state index in [-0.39, 0.29) is 11.6 Å². The molecule has 1 amide bonds. The molecule has 0 unspecified atom stereocenters. The molecule has 0 bridgehead atoms. The fourth-order valence-electron chi connectivity index (χ4n) is 1.48. The van der Waals surface area contributed by atoms with Crippen LogP contribution in [0.2, 0.25) is 0 Å². The molecule has 6 heteroatoms. The summed E-state index contributed by atoms with van der Waals surface area (Å²) in [7, 11) is 0. The summed E-state index contributed by atoms with van der Waals surface area (Å²) in [5, 5.41) is 11.4. The molecule has 0 saturated heterocycles. The number of nitrogens with zero attached hydrogens (tertiary/aromatic N) is 2. The van der Waals surface area contributed by atoms with E-state index in [9.17, 15) is 4.79 Å². The van der Waals surface area contributed by atoms with Gasteiger partial charge < -0.3 is 10.7 Å². The number of rotatable bonds is 3. The van der Waals surface area contributed by atoms with E-state index in [0.29, 0.717) is 16.9 Å². The lowest BCUT2D eigenvalue weighted by molar-refractivity contribution is 0.102. The number of anilines is 2. The van der Waals surface area contributed by atoms with Crippen LogP contribution in [0.3, 0.4) is 0 Å². The predicted molar refractivity (Wildman–Crippen MR) is 71.2 cm³/mol. The monoisotopic (exact) mass is 253 g/mol. The summed E-state index contributed by atoms with van der Waals surface area (Å²) in [6, 6.07) is 11.9. The summed E-state index contributed by atoms with van der Waals surface area (Å²) in [6.07, 6.45) is 1.46. The Hall–Kier alpha value is -2.91. The molecule has 0 aliphatic rings. The van der Waals surface area contributed by atoms with Crippen molar-refractivity contribution in [3.05, 3.63) is 53.9 Å². The molecule has 2 rings (SSSR count). The Labute approximate surface area is 109 Å². The minimum atomic E-state index is -0.348. The van der Waals surface area contributed by atoms with E-state index >= 15 is 0 Å². The van der Waals surface area contributed by atoms with Gasteiger partial charge in [0.15, 0.2) is 0 Å². The molecule has 1 aromatic carbocycles. The number of amides is 1. The number of nitrogens with one attached hydrogen (secondary N) is 2. The first-order chi connectivity index (χ1) is 9.22. The maximum absolute atomic E-state index is 11.9. The Morgan fingerprint density at radius 3 is 2.74 bits per heavy atom. The van der Waals surface area contributed by atoms with Crippen molar-refractivity contribution in [1.82, 2.24) is 4.98 Å². The van der Waals surface area contributed by atoms with Crippen LogP contribution in [0.15, 0.2) is 42.6 Å². The number of aromatic nitrogens is 1. The van der Waals surface area contributed by atoms with E-state index in [4.69, 9.17) is 11.1 Å². The average molecular weight is 253 g/mol. The van der Waals surface area contributed by atoms with Crippen molar-refractivity contribution >= 4 is 17.3 Å². The van der Waals surface area contributed by atoms with E-state index in [1.807, 2.05) is 6.07 Å². The molecular weight excluding hydrogens is 242 g/mol. The fraction of sp³-hybridized carbons (Fsp3) is 0. The Bertz CT molecular complexity index is 630. The lowest BCUT2D eigenvalue weighted by atomic mass is 10.2. The maximum atomic E-state index is 11.9. The fourth-order valence-corrected chi connectivity index (χ4v) is 1.48. The smallest absolute Gasteiger partial charge is 0.274 e. The van der Waals surface area contributed by atoms with Crippen LogP contribution in [0, 0.1) is 11.3 Å². The molecule has 4 N–H and O–H groups in total. The molecule has 0 fully saturated rings. The van der Waals surface area contributed by atoms with Crippen LogP contribution in [0.1, 0.15) is 16.1 Å². The van der Waals surface area contributed by atoms with Gasteiger partial charge in [-0.3, -0.25) is 10.6 Å². The summed E-state index contributed by atoms with van der Waals surface area (Å²) < 4.78 is 0. The maximum Gasteiger partial charge on any atom is 0.274 e. The van der Waals surface area contributed by atoms with Crippen LogP contribution in [-0.4, -0.2) is 10.9 Å². The second-order valence-corrected chi connectivity index (χ2v) is 3.72. The number of benzene rings is 1. The predicted octanol–water partition coefficient (Wildman–Crippen LogP) is 1.49. The molecular formula is C13H11N5O. The van der Waals surface area contributed by atoms with Crippen molar-refractivity contribution in [2.24, 2.45) is 5.84 Å². The van der Waals surface area contributed by atoms with Gasteiger partial charge in [-0.2, -0.15) is 5.26 Å². The molecule has 19 heavy (non-hydrogen) atoms. The second kappa shape index (κ2) is 5.62. The first-order valence-corrected chi connectivity index (χ1v) is 5.47. The highest BCUT2D eigenvalue weighted by molar-refractivity contribution is 6.03. The van der Waals surface area contributed by atoms with E-state index in [1.54, 1.807) is 36.4 Å². The van der Waals surface area contributed by atoms with Crippen LogP contribution in [0.4, 0.5) is 11.4 Å². The van der Waals surface area contributed by atoms with Gasteiger partial charge in [0, 0.05) is 5.69 Å². The van der Waals surface area contributed by atoms with Gasteiger partial charge in [0.1, 0.15) is 5.69 Å². The summed E-state index contributed by atoms with van der Waals surface area (Å²) in [5.74, 6) is 4.86. The molecule has 0 aliphatic heterocycles. The molecule has 0 spiro atoms. The van der Waals surface area contributed by atoms with Crippen molar-refractivity contribution in [3.8, 4) is 6.07 Å². The van der Waals surface area contributed by atoms with E-state index in [1.165, 1.54) is 6.20 Å². The largest absolute Gasteiger partial charge is 0.323 e. The Kier molecular flexibility index (Phi) is 3.71. The Morgan fingerprint density at radius 2 is 2.11 bits per heavy atom. The molecule has 0 aliphatic carbocycles. The van der Waals surface area contributed by atoms with Crippen LogP contribution in [-0.2, 0) is 0 Å². The SMILES string of the molecule is N#Cc1cccc(NC(=O)c2ccc(NN)cn2)c1. The molecule has 6 nitrogen and oxygen atoms in total. The topological polar surface area (TPSA) is 104 Å². The highest BCUT2D eigenvalue weighted by Crippen LogP contribution is 2.11. The average Bonchev–Trinajstić information content (AvgIpc) is 2.47. The zero-order valence-corrected chi connectivity index (χ0v) is 9.92. The number of nitrogen functional groups attached to an aromatic ring is 1. The van der Waals surface area contributed by atoms with Crippen LogP contribution < -0.4 is 16.6 Å². The highest BCUT2D eigenvalue weighted by atomic mass is 16.1. The summed E-state index contributed by atoms with van der Waals surface area (Å²) in [5.41, 5.74) is 4.33. The van der Waals surface area contributed by atoms with Gasteiger partial charge in [0.05, 0.1) is 23.5 Å². The standard InChI is InChI=1S/C13H11N5O/c14-7-9-2-1-3-10(6-9)17-13(19)12-5-4-11(18-15)8-16-12/h1-6,8,18H,15H2,(H,17,19). The van der Waals surface area contributed by atoms with Gasteiger partial charge >= 0.3 is 0 Å². The lowest BCUT2D eigenvalue weighted by Crippen LogP contribution is -2.14. The molecule has 0 radical (unpaired) electrons. The molecule has 94 valence electrons. The number of hydrogen-bond donors (Lipinski definition) is 3. The molecule has 1 aromatic heterocycles. The number of carbonyl (C=O) groups excluding carboxylic acids is 1. The number of nitrogens with two attached hydrogens (primary N) is 1. The third kappa shape index (κ3) is 3.06. The van der Waals surface area contributed by atoms with Crippen LogP contribution in [0.25, 0.3) is 0 Å². The summed E-state index contributed by atoms with van der Waals surface area (Å²) >= 11 is 0. The first-order valence-electron chi connectivity index (χ1n) is 5.47. The van der Waals surface area contributed by atoms with Crippen molar-refractivity contribution in [2.45, 2.75) is 0 Å². The van der Waals surface area contributed by atoms with E-state index in [2.05, 4.69) is 15.7 Å². The summed E-state index contributed by atoms with van der Waals surface area (Å²) in [4.78, 5) is 15.9. The van der Waals surface area contributed by atoms with Crippen molar-refractivity contribution in [3.63, 3.8) is 0 Å². The van der Waals surface area contributed by atoms with Crippen LogP contribution in [0.5, 0.6) is 0 Å². The minimum Gasteiger partial charge on any atom is -0.323 e. The third-order valence-corrected chi connectivity index (χ3v) is 2.41. The van der Waals surface area contributed by atoms with Crippen LogP contribution >= 0.6 is 0 Å². The minimum absolute atomic E-state index is 0.265. The van der Waals surface area contributed by atoms with Gasteiger partial charge in [-0.25, -0.2) is 4.98 Å². The first kappa shape index (κ1) is 12.5. The van der Waals surface area contributed by atoms with E-state index in [0.717, 1.165) is 0 Å². The zero-order valence-electron chi connectivity index (χ0n) is 9.92. The van der Waals surface area contributed by atoms with Gasteiger partial charge in [-0.1, -0.05) is 6.07 Å². The third-order valence-electron chi connectivity index (χ3n) is 2.41. The Morgan fingerprint density at radius 1 is 1.26 bits per heavy atom. The van der Waals surface area contributed by atoms with Crippen molar-refractivity contribution < 1.29 is 4.79 Å². The van der Waals surface area contributed by atoms with Crippen molar-refractivity contribution in [2.75, 3.05) is 10.7 Å². The zero-order chi connectivity index (χ0) is 13.7. The summed E-state index contributed by atoms with van der Waals surface area (Å²) in [6.45, 7) is 0. The molecule has 0 atom stereocenters. The normalized spacial score (nSPS) is 9.47. The van der Waals surface area contributed by atoms with Gasteiger partial charge in [-0.15, -0.1) is 0 Å². The lowest BCUT2D eigenvalue weighted by Gasteiger charge is -2.05. The Balaban J connectivity index is 2.13. The number of pyridine rings is 1. The van der Waals surface area contributed by atoms with Gasteiger partial charge in [0.2, 0.25) is 0 Å². The van der Waals surface area contributed by atoms with Gasteiger partial charge in [0.25, 0.3) is 5.91 Å². The van der Waals surface area contributed by atoms with Gasteiger partial charge in [-0.05, 0) is 30.3 Å². The quantitative estimate of drug-likeness (QED) is 0.568. The highest BCUT2D eigenvalue weighted by Gasteiger charge is 2.07. The number of hydrogen-bond acceptors (Lipinski definition) is 5. The molecule has 2 aromatic rings. The van der Waals surface area contributed by atoms with Crippen molar-refractivity contribution in [1.29, 1.82) is 5.26 Å².